The van der Waals surface area contributed by atoms with Crippen LogP contribution < -0.4 is 4.90 Å². The summed E-state index contributed by atoms with van der Waals surface area (Å²) in [5.74, 6) is 2.62. The molecule has 0 aliphatic carbocycles. The average Bonchev–Trinajstić information content (AvgIpc) is 2.39. The van der Waals surface area contributed by atoms with E-state index in [1.807, 2.05) is 6.20 Å². The van der Waals surface area contributed by atoms with Gasteiger partial charge in [0.2, 0.25) is 0 Å². The Labute approximate surface area is 122 Å². The predicted molar refractivity (Wildman–Crippen MR) is 83.2 cm³/mol. The predicted octanol–water partition coefficient (Wildman–Crippen LogP) is 4.22. The van der Waals surface area contributed by atoms with Gasteiger partial charge in [-0.3, -0.25) is 0 Å². The van der Waals surface area contributed by atoms with Gasteiger partial charge < -0.3 is 4.90 Å². The van der Waals surface area contributed by atoms with Crippen LogP contribution in [-0.2, 0) is 5.41 Å². The average molecular weight is 281 g/mol. The Morgan fingerprint density at radius 3 is 2.74 bits per heavy atom. The van der Waals surface area contributed by atoms with Crippen LogP contribution in [0.2, 0.25) is 0 Å². The van der Waals surface area contributed by atoms with Crippen molar-refractivity contribution >= 4 is 17.4 Å². The number of rotatable bonds is 3. The van der Waals surface area contributed by atoms with Crippen molar-refractivity contribution in [3.63, 3.8) is 0 Å². The summed E-state index contributed by atoms with van der Waals surface area (Å²) in [6.45, 7) is 8.90. The Kier molecular flexibility index (Phi) is 4.72. The molecule has 0 aromatic carbocycles. The molecule has 2 heterocycles. The molecular formula is C16H25ClN2. The van der Waals surface area contributed by atoms with Gasteiger partial charge in [0.25, 0.3) is 0 Å². The van der Waals surface area contributed by atoms with Gasteiger partial charge in [-0.25, -0.2) is 4.98 Å². The van der Waals surface area contributed by atoms with Gasteiger partial charge in [0.15, 0.2) is 0 Å². The molecule has 0 N–H and O–H groups in total. The molecule has 2 nitrogen and oxygen atoms in total. The fourth-order valence-electron chi connectivity index (χ4n) is 2.68. The van der Waals surface area contributed by atoms with E-state index in [-0.39, 0.29) is 5.41 Å². The van der Waals surface area contributed by atoms with Crippen molar-refractivity contribution in [3.05, 3.63) is 23.9 Å². The van der Waals surface area contributed by atoms with Crippen LogP contribution in [0.5, 0.6) is 0 Å². The van der Waals surface area contributed by atoms with Gasteiger partial charge in [0, 0.05) is 25.2 Å². The number of pyridine rings is 1. The maximum atomic E-state index is 5.87. The molecule has 1 saturated heterocycles. The molecule has 1 atom stereocenters. The molecule has 1 fully saturated rings. The zero-order chi connectivity index (χ0) is 13.9. The highest BCUT2D eigenvalue weighted by atomic mass is 35.5. The molecule has 106 valence electrons. The quantitative estimate of drug-likeness (QED) is 0.771. The summed E-state index contributed by atoms with van der Waals surface area (Å²) < 4.78 is 0. The Hall–Kier alpha value is -0.760. The SMILES string of the molecule is CC(C)(C)c1ccc(N2CCCC(CCCl)C2)nc1. The highest BCUT2D eigenvalue weighted by Crippen LogP contribution is 2.26. The molecule has 0 amide bonds. The molecule has 2 rings (SSSR count). The van der Waals surface area contributed by atoms with E-state index in [0.29, 0.717) is 0 Å². The van der Waals surface area contributed by atoms with E-state index in [0.717, 1.165) is 37.1 Å². The molecule has 1 unspecified atom stereocenters. The maximum Gasteiger partial charge on any atom is 0.128 e. The van der Waals surface area contributed by atoms with Crippen LogP contribution in [0.15, 0.2) is 18.3 Å². The molecule has 1 aromatic rings. The number of aromatic nitrogens is 1. The second kappa shape index (κ2) is 6.13. The summed E-state index contributed by atoms with van der Waals surface area (Å²) in [4.78, 5) is 7.07. The summed E-state index contributed by atoms with van der Waals surface area (Å²) in [5, 5.41) is 0. The van der Waals surface area contributed by atoms with Gasteiger partial charge in [-0.2, -0.15) is 0 Å². The van der Waals surface area contributed by atoms with Crippen molar-refractivity contribution in [2.24, 2.45) is 5.92 Å². The molecular weight excluding hydrogens is 256 g/mol. The molecule has 3 heteroatoms. The molecule has 0 radical (unpaired) electrons. The van der Waals surface area contributed by atoms with Gasteiger partial charge in [-0.05, 0) is 42.2 Å². The van der Waals surface area contributed by atoms with E-state index >= 15 is 0 Å². The number of nitrogens with zero attached hydrogens (tertiary/aromatic N) is 2. The Balaban J connectivity index is 2.05. The molecule has 1 aliphatic heterocycles. The molecule has 0 saturated carbocycles. The third kappa shape index (κ3) is 3.85. The topological polar surface area (TPSA) is 16.1 Å². The van der Waals surface area contributed by atoms with E-state index in [4.69, 9.17) is 11.6 Å². The monoisotopic (exact) mass is 280 g/mol. The van der Waals surface area contributed by atoms with Crippen molar-refractivity contribution in [2.45, 2.75) is 45.4 Å². The van der Waals surface area contributed by atoms with E-state index in [9.17, 15) is 0 Å². The summed E-state index contributed by atoms with van der Waals surface area (Å²) in [7, 11) is 0. The Morgan fingerprint density at radius 2 is 2.16 bits per heavy atom. The van der Waals surface area contributed by atoms with Crippen molar-refractivity contribution in [3.8, 4) is 0 Å². The van der Waals surface area contributed by atoms with Gasteiger partial charge >= 0.3 is 0 Å². The van der Waals surface area contributed by atoms with Crippen molar-refractivity contribution in [1.82, 2.24) is 4.98 Å². The minimum atomic E-state index is 0.175. The maximum absolute atomic E-state index is 5.87. The minimum absolute atomic E-state index is 0.175. The zero-order valence-corrected chi connectivity index (χ0v) is 13.1. The first-order chi connectivity index (χ1) is 9.00. The first-order valence-electron chi connectivity index (χ1n) is 7.28. The first-order valence-corrected chi connectivity index (χ1v) is 7.81. The van der Waals surface area contributed by atoms with Crippen molar-refractivity contribution < 1.29 is 0 Å². The fourth-order valence-corrected chi connectivity index (χ4v) is 2.99. The van der Waals surface area contributed by atoms with Crippen LogP contribution in [0.3, 0.4) is 0 Å². The summed E-state index contributed by atoms with van der Waals surface area (Å²) in [6.07, 6.45) is 5.71. The van der Waals surface area contributed by atoms with E-state index < -0.39 is 0 Å². The summed E-state index contributed by atoms with van der Waals surface area (Å²) >= 11 is 5.87. The van der Waals surface area contributed by atoms with E-state index in [2.05, 4.69) is 42.8 Å². The lowest BCUT2D eigenvalue weighted by molar-refractivity contribution is 0.404. The highest BCUT2D eigenvalue weighted by molar-refractivity contribution is 6.17. The van der Waals surface area contributed by atoms with E-state index in [1.165, 1.54) is 18.4 Å². The van der Waals surface area contributed by atoms with Crippen LogP contribution in [0.4, 0.5) is 5.82 Å². The molecule has 19 heavy (non-hydrogen) atoms. The number of hydrogen-bond acceptors (Lipinski definition) is 2. The van der Waals surface area contributed by atoms with Gasteiger partial charge in [0.1, 0.15) is 5.82 Å². The second-order valence-corrected chi connectivity index (χ2v) is 6.96. The van der Waals surface area contributed by atoms with Gasteiger partial charge in [0.05, 0.1) is 0 Å². The number of anilines is 1. The van der Waals surface area contributed by atoms with Crippen molar-refractivity contribution in [1.29, 1.82) is 0 Å². The Morgan fingerprint density at radius 1 is 1.37 bits per heavy atom. The number of alkyl halides is 1. The van der Waals surface area contributed by atoms with Crippen LogP contribution in [0.25, 0.3) is 0 Å². The van der Waals surface area contributed by atoms with Crippen LogP contribution in [0, 0.1) is 5.92 Å². The summed E-state index contributed by atoms with van der Waals surface area (Å²) in [6, 6.07) is 4.39. The lowest BCUT2D eigenvalue weighted by atomic mass is 9.88. The van der Waals surface area contributed by atoms with Gasteiger partial charge in [-0.1, -0.05) is 26.8 Å². The molecule has 1 aromatic heterocycles. The van der Waals surface area contributed by atoms with Gasteiger partial charge in [-0.15, -0.1) is 11.6 Å². The molecule has 0 bridgehead atoms. The zero-order valence-electron chi connectivity index (χ0n) is 12.3. The Bertz CT molecular complexity index is 392. The van der Waals surface area contributed by atoms with Crippen LogP contribution in [0.1, 0.15) is 45.6 Å². The second-order valence-electron chi connectivity index (χ2n) is 6.59. The number of piperidine rings is 1. The smallest absolute Gasteiger partial charge is 0.128 e. The van der Waals surface area contributed by atoms with Crippen molar-refractivity contribution in [2.75, 3.05) is 23.9 Å². The lowest BCUT2D eigenvalue weighted by Gasteiger charge is -2.33. The fraction of sp³-hybridized carbons (Fsp3) is 0.688. The lowest BCUT2D eigenvalue weighted by Crippen LogP contribution is -2.36. The molecule has 1 aliphatic rings. The summed E-state index contributed by atoms with van der Waals surface area (Å²) in [5.41, 5.74) is 1.47. The molecule has 0 spiro atoms. The van der Waals surface area contributed by atoms with E-state index in [1.54, 1.807) is 0 Å². The first kappa shape index (κ1) is 14.6. The number of hydrogen-bond donors (Lipinski definition) is 0. The van der Waals surface area contributed by atoms with Crippen LogP contribution >= 0.6 is 11.6 Å². The minimum Gasteiger partial charge on any atom is -0.356 e. The highest BCUT2D eigenvalue weighted by Gasteiger charge is 2.21. The third-order valence-corrected chi connectivity index (χ3v) is 4.19. The largest absolute Gasteiger partial charge is 0.356 e. The standard InChI is InChI=1S/C16H25ClN2/c1-16(2,3)14-6-7-15(18-11-14)19-10-4-5-13(12-19)8-9-17/h6-7,11,13H,4-5,8-10,12H2,1-3H3. The normalized spacial score (nSPS) is 20.6. The number of halogens is 1. The third-order valence-electron chi connectivity index (χ3n) is 3.97. The van der Waals surface area contributed by atoms with Crippen LogP contribution in [-0.4, -0.2) is 24.0 Å².